The molecule has 2 aromatic rings. The Balaban J connectivity index is 2.37. The Morgan fingerprint density at radius 1 is 1.12 bits per heavy atom. The molecule has 0 saturated heterocycles. The molecule has 0 fully saturated rings. The number of hydrogen-bond acceptors (Lipinski definition) is 1. The van der Waals surface area contributed by atoms with Crippen molar-refractivity contribution in [2.45, 2.75) is 18.6 Å². The van der Waals surface area contributed by atoms with E-state index in [1.807, 2.05) is 0 Å². The van der Waals surface area contributed by atoms with E-state index >= 15 is 0 Å². The lowest BCUT2D eigenvalue weighted by Gasteiger charge is -2.20. The topological polar surface area (TPSA) is 17.8 Å². The molecule has 2 aromatic heterocycles. The molecule has 2 heterocycles. The van der Waals surface area contributed by atoms with Gasteiger partial charge in [-0.2, -0.15) is 22.0 Å². The highest BCUT2D eigenvalue weighted by Gasteiger charge is 2.57. The van der Waals surface area contributed by atoms with Gasteiger partial charge in [0.25, 0.3) is 0 Å². The van der Waals surface area contributed by atoms with E-state index in [2.05, 4.69) is 4.98 Å². The van der Waals surface area contributed by atoms with Crippen LogP contribution in [0.3, 0.4) is 0 Å². The highest BCUT2D eigenvalue weighted by atomic mass is 19.4. The lowest BCUT2D eigenvalue weighted by molar-refractivity contribution is -0.286. The van der Waals surface area contributed by atoms with Crippen LogP contribution in [0, 0.1) is 0 Å². The summed E-state index contributed by atoms with van der Waals surface area (Å²) in [5.74, 6) is -4.76. The van der Waals surface area contributed by atoms with E-state index in [-0.39, 0.29) is 5.52 Å². The maximum absolute atomic E-state index is 12.9. The Morgan fingerprint density at radius 2 is 1.82 bits per heavy atom. The fourth-order valence-corrected chi connectivity index (χ4v) is 1.47. The largest absolute Gasteiger partial charge is 0.455 e. The third-order valence-corrected chi connectivity index (χ3v) is 2.36. The van der Waals surface area contributed by atoms with Gasteiger partial charge in [-0.15, -0.1) is 0 Å². The summed E-state index contributed by atoms with van der Waals surface area (Å²) in [5.41, 5.74) is 0.247. The van der Waals surface area contributed by atoms with Crippen molar-refractivity contribution < 1.29 is 22.0 Å². The molecule has 2 rings (SSSR count). The molecule has 7 heteroatoms. The van der Waals surface area contributed by atoms with E-state index in [9.17, 15) is 22.0 Å². The molecule has 0 spiro atoms. The van der Waals surface area contributed by atoms with Gasteiger partial charge in [0.05, 0.1) is 18.3 Å². The number of rotatable bonds is 2. The van der Waals surface area contributed by atoms with E-state index < -0.39 is 18.6 Å². The first-order chi connectivity index (χ1) is 7.81. The number of halogens is 5. The summed E-state index contributed by atoms with van der Waals surface area (Å²) in [7, 11) is 0. The van der Waals surface area contributed by atoms with Crippen LogP contribution in [0.2, 0.25) is 0 Å². The number of nitrogens with zero attached hydrogens (tertiary/aromatic N) is 2. The van der Waals surface area contributed by atoms with Crippen molar-refractivity contribution in [2.75, 3.05) is 0 Å². The second-order valence-corrected chi connectivity index (χ2v) is 3.58. The van der Waals surface area contributed by atoms with E-state index in [1.165, 1.54) is 30.7 Å². The molecule has 0 unspecified atom stereocenters. The summed E-state index contributed by atoms with van der Waals surface area (Å²) in [6, 6.07) is 3.00. The SMILES string of the molecule is FC(F)(F)C(F)(F)Cn1ccc2ccncc21. The lowest BCUT2D eigenvalue weighted by Crippen LogP contribution is -2.40. The van der Waals surface area contributed by atoms with Crippen LogP contribution in [-0.2, 0) is 6.54 Å². The minimum Gasteiger partial charge on any atom is -0.340 e. The molecule has 0 aliphatic heterocycles. The highest BCUT2D eigenvalue weighted by molar-refractivity contribution is 5.78. The van der Waals surface area contributed by atoms with Crippen molar-refractivity contribution in [3.05, 3.63) is 30.7 Å². The van der Waals surface area contributed by atoms with Gasteiger partial charge in [-0.05, 0) is 12.1 Å². The number of aromatic nitrogens is 2. The van der Waals surface area contributed by atoms with Crippen molar-refractivity contribution in [3.8, 4) is 0 Å². The maximum Gasteiger partial charge on any atom is 0.455 e. The predicted octanol–water partition coefficient (Wildman–Crippen LogP) is 3.23. The third-order valence-electron chi connectivity index (χ3n) is 2.36. The van der Waals surface area contributed by atoms with Crippen LogP contribution in [0.5, 0.6) is 0 Å². The average Bonchev–Trinajstić information content (AvgIpc) is 2.60. The van der Waals surface area contributed by atoms with E-state index in [0.717, 1.165) is 4.57 Å². The number of fused-ring (bicyclic) bond motifs is 1. The summed E-state index contributed by atoms with van der Waals surface area (Å²) in [4.78, 5) is 3.69. The zero-order chi connectivity index (χ0) is 12.7. The molecule has 17 heavy (non-hydrogen) atoms. The lowest BCUT2D eigenvalue weighted by atomic mass is 10.3. The van der Waals surface area contributed by atoms with Gasteiger partial charge >= 0.3 is 12.1 Å². The molecule has 0 radical (unpaired) electrons. The Hall–Kier alpha value is -1.66. The standard InChI is InChI=1S/C10H7F5N2/c11-9(12,10(13,14)15)6-17-4-2-7-1-3-16-5-8(7)17/h1-5H,6H2. The molecule has 0 aromatic carbocycles. The molecule has 0 amide bonds. The van der Waals surface area contributed by atoms with E-state index in [4.69, 9.17) is 0 Å². The van der Waals surface area contributed by atoms with Crippen molar-refractivity contribution >= 4 is 10.9 Å². The number of hydrogen-bond donors (Lipinski definition) is 0. The molecule has 0 N–H and O–H groups in total. The van der Waals surface area contributed by atoms with Crippen LogP contribution in [0.1, 0.15) is 0 Å². The van der Waals surface area contributed by atoms with Crippen LogP contribution < -0.4 is 0 Å². The zero-order valence-corrected chi connectivity index (χ0v) is 8.38. The first kappa shape index (κ1) is 11.8. The molecule has 0 atom stereocenters. The molecular formula is C10H7F5N2. The van der Waals surface area contributed by atoms with Crippen LogP contribution in [0.4, 0.5) is 22.0 Å². The van der Waals surface area contributed by atoms with Crippen LogP contribution in [-0.4, -0.2) is 21.6 Å². The highest BCUT2D eigenvalue weighted by Crippen LogP contribution is 2.37. The summed E-state index contributed by atoms with van der Waals surface area (Å²) in [6.07, 6.45) is -1.67. The zero-order valence-electron chi connectivity index (χ0n) is 8.38. The van der Waals surface area contributed by atoms with Crippen molar-refractivity contribution in [3.63, 3.8) is 0 Å². The molecular weight excluding hydrogens is 243 g/mol. The number of pyridine rings is 1. The van der Waals surface area contributed by atoms with Gasteiger partial charge in [0.15, 0.2) is 0 Å². The van der Waals surface area contributed by atoms with E-state index in [1.54, 1.807) is 0 Å². The summed E-state index contributed by atoms with van der Waals surface area (Å²) in [6.45, 7) is -1.44. The van der Waals surface area contributed by atoms with Crippen molar-refractivity contribution in [1.82, 2.24) is 9.55 Å². The Kier molecular flexibility index (Phi) is 2.56. The molecule has 0 aliphatic carbocycles. The van der Waals surface area contributed by atoms with Gasteiger partial charge in [0.2, 0.25) is 0 Å². The van der Waals surface area contributed by atoms with Crippen molar-refractivity contribution in [2.24, 2.45) is 0 Å². The predicted molar refractivity (Wildman–Crippen MR) is 50.7 cm³/mol. The van der Waals surface area contributed by atoms with Gasteiger partial charge in [-0.25, -0.2) is 0 Å². The fourth-order valence-electron chi connectivity index (χ4n) is 1.47. The Bertz CT molecular complexity index is 529. The summed E-state index contributed by atoms with van der Waals surface area (Å²) < 4.78 is 62.7. The second kappa shape index (κ2) is 3.68. The fraction of sp³-hybridized carbons (Fsp3) is 0.300. The minimum absolute atomic E-state index is 0.247. The monoisotopic (exact) mass is 250 g/mol. The molecule has 0 aliphatic rings. The van der Waals surface area contributed by atoms with Crippen molar-refractivity contribution in [1.29, 1.82) is 0 Å². The van der Waals surface area contributed by atoms with Gasteiger partial charge < -0.3 is 4.57 Å². The maximum atomic E-state index is 12.9. The molecule has 92 valence electrons. The smallest absolute Gasteiger partial charge is 0.340 e. The van der Waals surface area contributed by atoms with Crippen LogP contribution in [0.15, 0.2) is 30.7 Å². The Labute approximate surface area is 92.7 Å². The minimum atomic E-state index is -5.55. The first-order valence-corrected chi connectivity index (χ1v) is 4.65. The summed E-state index contributed by atoms with van der Waals surface area (Å²) >= 11 is 0. The average molecular weight is 250 g/mol. The molecule has 0 bridgehead atoms. The molecule has 0 saturated carbocycles. The van der Waals surface area contributed by atoms with Gasteiger partial charge in [0.1, 0.15) is 0 Å². The first-order valence-electron chi connectivity index (χ1n) is 4.65. The van der Waals surface area contributed by atoms with Crippen LogP contribution >= 0.6 is 0 Å². The number of alkyl halides is 5. The second-order valence-electron chi connectivity index (χ2n) is 3.58. The van der Waals surface area contributed by atoms with Crippen LogP contribution in [0.25, 0.3) is 10.9 Å². The van der Waals surface area contributed by atoms with Gasteiger partial charge in [-0.3, -0.25) is 4.98 Å². The Morgan fingerprint density at radius 3 is 2.47 bits per heavy atom. The molecule has 2 nitrogen and oxygen atoms in total. The van der Waals surface area contributed by atoms with Gasteiger partial charge in [0, 0.05) is 17.8 Å². The van der Waals surface area contributed by atoms with E-state index in [0.29, 0.717) is 5.39 Å². The van der Waals surface area contributed by atoms with Gasteiger partial charge in [-0.1, -0.05) is 0 Å². The third kappa shape index (κ3) is 2.09. The quantitative estimate of drug-likeness (QED) is 0.748. The summed E-state index contributed by atoms with van der Waals surface area (Å²) in [5, 5.41) is 0.568. The normalized spacial score (nSPS) is 13.2.